The molecule has 2 aliphatic heterocycles. The first-order chi connectivity index (χ1) is 16.0. The van der Waals surface area contributed by atoms with Crippen LogP contribution in [0.3, 0.4) is 0 Å². The van der Waals surface area contributed by atoms with Crippen molar-refractivity contribution in [2.45, 2.75) is 18.8 Å². The van der Waals surface area contributed by atoms with Crippen LogP contribution in [0.1, 0.15) is 45.0 Å². The monoisotopic (exact) mass is 452 g/mol. The summed E-state index contributed by atoms with van der Waals surface area (Å²) in [5.41, 5.74) is 1.26. The zero-order valence-electron chi connectivity index (χ0n) is 18.4. The molecule has 4 amide bonds. The van der Waals surface area contributed by atoms with Crippen molar-refractivity contribution in [3.63, 3.8) is 0 Å². The van der Waals surface area contributed by atoms with E-state index in [4.69, 9.17) is 14.2 Å². The first-order valence-corrected chi connectivity index (χ1v) is 10.6. The number of ether oxygens (including phenoxy) is 3. The molecule has 2 aliphatic rings. The zero-order chi connectivity index (χ0) is 23.5. The quantitative estimate of drug-likeness (QED) is 0.568. The first-order valence-electron chi connectivity index (χ1n) is 10.6. The van der Waals surface area contributed by atoms with Gasteiger partial charge in [0.2, 0.25) is 5.91 Å². The third kappa shape index (κ3) is 4.02. The molecule has 4 rings (SSSR count). The third-order valence-electron chi connectivity index (χ3n) is 5.89. The highest BCUT2D eigenvalue weighted by atomic mass is 16.6. The van der Waals surface area contributed by atoms with Crippen molar-refractivity contribution in [3.8, 4) is 11.5 Å². The minimum atomic E-state index is -0.795. The van der Waals surface area contributed by atoms with Crippen molar-refractivity contribution in [1.82, 2.24) is 9.80 Å². The minimum absolute atomic E-state index is 0.134. The van der Waals surface area contributed by atoms with E-state index in [0.29, 0.717) is 34.6 Å². The lowest BCUT2D eigenvalue weighted by atomic mass is 9.90. The molecule has 2 aromatic rings. The second-order valence-corrected chi connectivity index (χ2v) is 7.68. The van der Waals surface area contributed by atoms with Gasteiger partial charge in [-0.2, -0.15) is 0 Å². The Kier molecular flexibility index (Phi) is 6.30. The topological polar surface area (TPSA) is 102 Å². The molecule has 1 saturated heterocycles. The lowest BCUT2D eigenvalue weighted by molar-refractivity contribution is -0.129. The third-order valence-corrected chi connectivity index (χ3v) is 5.89. The number of carbonyl (C=O) groups is 4. The average molecular weight is 452 g/mol. The van der Waals surface area contributed by atoms with Crippen LogP contribution in [0.4, 0.5) is 4.79 Å². The maximum Gasteiger partial charge on any atom is 0.416 e. The normalized spacial score (nSPS) is 16.0. The number of hydrogen-bond acceptors (Lipinski definition) is 7. The Balaban J connectivity index is 1.58. The molecule has 2 aromatic carbocycles. The Labute approximate surface area is 190 Å². The number of benzene rings is 2. The Morgan fingerprint density at radius 1 is 0.970 bits per heavy atom. The fourth-order valence-corrected chi connectivity index (χ4v) is 4.29. The van der Waals surface area contributed by atoms with Gasteiger partial charge in [0.15, 0.2) is 0 Å². The van der Waals surface area contributed by atoms with Crippen molar-refractivity contribution in [2.24, 2.45) is 0 Å². The second kappa shape index (κ2) is 9.32. The predicted molar refractivity (Wildman–Crippen MR) is 116 cm³/mol. The van der Waals surface area contributed by atoms with Crippen LogP contribution in [0.2, 0.25) is 0 Å². The van der Waals surface area contributed by atoms with E-state index in [9.17, 15) is 19.2 Å². The Hall–Kier alpha value is -3.88. The molecule has 172 valence electrons. The van der Waals surface area contributed by atoms with E-state index in [1.54, 1.807) is 42.5 Å². The van der Waals surface area contributed by atoms with Gasteiger partial charge in [-0.3, -0.25) is 19.3 Å². The highest BCUT2D eigenvalue weighted by molar-refractivity contribution is 6.21. The van der Waals surface area contributed by atoms with Gasteiger partial charge >= 0.3 is 6.09 Å². The summed E-state index contributed by atoms with van der Waals surface area (Å²) < 4.78 is 15.9. The van der Waals surface area contributed by atoms with Gasteiger partial charge in [-0.25, -0.2) is 9.69 Å². The van der Waals surface area contributed by atoms with Crippen molar-refractivity contribution >= 4 is 23.8 Å². The number of nitrogens with zero attached hydrogens (tertiary/aromatic N) is 2. The number of rotatable bonds is 8. The molecule has 1 fully saturated rings. The molecule has 9 heteroatoms. The van der Waals surface area contributed by atoms with Gasteiger partial charge in [-0.05, 0) is 37.1 Å². The maximum absolute atomic E-state index is 13.4. The van der Waals surface area contributed by atoms with Gasteiger partial charge in [-0.1, -0.05) is 18.2 Å². The van der Waals surface area contributed by atoms with Crippen LogP contribution in [0.25, 0.3) is 0 Å². The predicted octanol–water partition coefficient (Wildman–Crippen LogP) is 2.84. The number of fused-ring (bicyclic) bond motifs is 1. The Bertz CT molecular complexity index is 1060. The van der Waals surface area contributed by atoms with E-state index >= 15 is 0 Å². The van der Waals surface area contributed by atoms with Crippen LogP contribution in [0.15, 0.2) is 42.5 Å². The molecule has 0 aliphatic carbocycles. The molecule has 2 heterocycles. The zero-order valence-corrected chi connectivity index (χ0v) is 18.4. The van der Waals surface area contributed by atoms with Crippen LogP contribution in [-0.2, 0) is 9.53 Å². The maximum atomic E-state index is 13.4. The summed E-state index contributed by atoms with van der Waals surface area (Å²) >= 11 is 0. The summed E-state index contributed by atoms with van der Waals surface area (Å²) in [6, 6.07) is 11.8. The number of methoxy groups -OCH3 is 2. The Morgan fingerprint density at radius 3 is 2.09 bits per heavy atom. The molecule has 0 spiro atoms. The fourth-order valence-electron chi connectivity index (χ4n) is 4.29. The van der Waals surface area contributed by atoms with Gasteiger partial charge in [0.1, 0.15) is 18.1 Å². The van der Waals surface area contributed by atoms with E-state index in [-0.39, 0.29) is 37.9 Å². The average Bonchev–Trinajstić information content (AvgIpc) is 3.37. The molecule has 33 heavy (non-hydrogen) atoms. The van der Waals surface area contributed by atoms with Crippen LogP contribution in [0, 0.1) is 0 Å². The van der Waals surface area contributed by atoms with Crippen LogP contribution >= 0.6 is 0 Å². The molecule has 1 unspecified atom stereocenters. The molecule has 1 atom stereocenters. The van der Waals surface area contributed by atoms with E-state index < -0.39 is 17.9 Å². The van der Waals surface area contributed by atoms with Crippen LogP contribution < -0.4 is 9.47 Å². The van der Waals surface area contributed by atoms with E-state index in [0.717, 1.165) is 4.90 Å². The highest BCUT2D eigenvalue weighted by Gasteiger charge is 2.38. The summed E-state index contributed by atoms with van der Waals surface area (Å²) in [6.07, 6.45) is -0.0992. The number of amides is 4. The smallest absolute Gasteiger partial charge is 0.416 e. The van der Waals surface area contributed by atoms with Crippen molar-refractivity contribution in [2.75, 3.05) is 33.9 Å². The highest BCUT2D eigenvalue weighted by Crippen LogP contribution is 2.39. The number of carbonyl (C=O) groups excluding carboxylic acids is 4. The molecule has 0 N–H and O–H groups in total. The number of cyclic esters (lactones) is 1. The Morgan fingerprint density at radius 2 is 1.58 bits per heavy atom. The molecular formula is C24H24N2O7. The number of imide groups is 2. The summed E-state index contributed by atoms with van der Waals surface area (Å²) in [6.45, 7) is 0.428. The second-order valence-electron chi connectivity index (χ2n) is 7.68. The van der Waals surface area contributed by atoms with Crippen LogP contribution in [-0.4, -0.2) is 67.5 Å². The minimum Gasteiger partial charge on any atom is -0.496 e. The summed E-state index contributed by atoms with van der Waals surface area (Å²) in [5, 5.41) is 0. The summed E-state index contributed by atoms with van der Waals surface area (Å²) in [7, 11) is 2.98. The van der Waals surface area contributed by atoms with Gasteiger partial charge in [0.05, 0.1) is 37.8 Å². The SMILES string of the molecule is COc1cccc(OC)c1C(CCCN1C(=O)c2ccccc2C1=O)C(=O)N1CCOC1=O. The molecule has 0 bridgehead atoms. The van der Waals surface area contributed by atoms with Crippen molar-refractivity contribution in [1.29, 1.82) is 0 Å². The first kappa shape index (κ1) is 22.3. The standard InChI is InChI=1S/C24H24N2O7/c1-31-18-10-5-11-19(32-2)20(18)17(23(29)26-13-14-33-24(26)30)9-6-12-25-21(27)15-7-3-4-8-16(15)22(25)28/h3-5,7-8,10-11,17H,6,9,12-14H2,1-2H3. The fraction of sp³-hybridized carbons (Fsp3) is 0.333. The summed E-state index contributed by atoms with van der Waals surface area (Å²) in [5.74, 6) is -1.05. The van der Waals surface area contributed by atoms with Gasteiger partial charge < -0.3 is 14.2 Å². The van der Waals surface area contributed by atoms with E-state index in [1.807, 2.05) is 0 Å². The van der Waals surface area contributed by atoms with Gasteiger partial charge in [-0.15, -0.1) is 0 Å². The molecule has 9 nitrogen and oxygen atoms in total. The lowest BCUT2D eigenvalue weighted by Crippen LogP contribution is -2.37. The number of hydrogen-bond donors (Lipinski definition) is 0. The summed E-state index contributed by atoms with van der Waals surface area (Å²) in [4.78, 5) is 53.1. The lowest BCUT2D eigenvalue weighted by Gasteiger charge is -2.25. The molecule has 0 saturated carbocycles. The molecule has 0 aromatic heterocycles. The van der Waals surface area contributed by atoms with E-state index in [1.165, 1.54) is 19.1 Å². The van der Waals surface area contributed by atoms with Crippen LogP contribution in [0.5, 0.6) is 11.5 Å². The molecule has 0 radical (unpaired) electrons. The van der Waals surface area contributed by atoms with Gasteiger partial charge in [0, 0.05) is 12.1 Å². The van der Waals surface area contributed by atoms with Crippen molar-refractivity contribution in [3.05, 3.63) is 59.2 Å². The van der Waals surface area contributed by atoms with E-state index in [2.05, 4.69) is 0 Å². The van der Waals surface area contributed by atoms with Crippen molar-refractivity contribution < 1.29 is 33.4 Å². The largest absolute Gasteiger partial charge is 0.496 e. The molecular weight excluding hydrogens is 428 g/mol. The van der Waals surface area contributed by atoms with Gasteiger partial charge in [0.25, 0.3) is 11.8 Å².